The van der Waals surface area contributed by atoms with Crippen LogP contribution in [0.15, 0.2) is 11.9 Å². The predicted octanol–water partition coefficient (Wildman–Crippen LogP) is 0.875. The lowest BCUT2D eigenvalue weighted by Crippen LogP contribution is -2.33. The Morgan fingerprint density at radius 1 is 1.07 bits per heavy atom. The molecule has 0 aliphatic carbocycles. The van der Waals surface area contributed by atoms with Crippen molar-refractivity contribution in [2.24, 2.45) is 0 Å². The molecule has 0 aromatic rings. The molecule has 90 valence electrons. The van der Waals surface area contributed by atoms with E-state index in [0.29, 0.717) is 6.61 Å². The third kappa shape index (κ3) is 5.04. The first-order valence-electron chi connectivity index (χ1n) is 5.24. The van der Waals surface area contributed by atoms with E-state index in [0.717, 1.165) is 5.82 Å². The van der Waals surface area contributed by atoms with Gasteiger partial charge in [-0.3, -0.25) is 4.90 Å². The number of hydrogen-bond donors (Lipinski definition) is 0. The number of likely N-dealkylation sites (N-methyl/N-ethyl adjacent to an activating group) is 1. The van der Waals surface area contributed by atoms with Crippen LogP contribution < -0.4 is 0 Å². The number of hydrogen-bond acceptors (Lipinski definition) is 4. The van der Waals surface area contributed by atoms with Crippen LogP contribution in [-0.2, 0) is 4.74 Å². The summed E-state index contributed by atoms with van der Waals surface area (Å²) in [6, 6.07) is 0. The molecule has 0 fully saturated rings. The summed E-state index contributed by atoms with van der Waals surface area (Å²) < 4.78 is 5.63. The van der Waals surface area contributed by atoms with Crippen molar-refractivity contribution in [2.45, 2.75) is 13.2 Å². The first kappa shape index (κ1) is 14.3. The minimum atomic E-state index is 0.0230. The van der Waals surface area contributed by atoms with Crippen molar-refractivity contribution in [3.05, 3.63) is 11.9 Å². The Hall–Kier alpha value is -0.740. The smallest absolute Gasteiger partial charge is 0.133 e. The van der Waals surface area contributed by atoms with E-state index in [9.17, 15) is 0 Å². The van der Waals surface area contributed by atoms with E-state index in [2.05, 4.69) is 20.8 Å². The van der Waals surface area contributed by atoms with Crippen molar-refractivity contribution in [2.75, 3.05) is 48.9 Å². The maximum Gasteiger partial charge on any atom is 0.133 e. The maximum atomic E-state index is 5.63. The minimum Gasteiger partial charge on any atom is -0.365 e. The van der Waals surface area contributed by atoms with E-state index in [1.54, 1.807) is 0 Å². The van der Waals surface area contributed by atoms with Gasteiger partial charge in [0.25, 0.3) is 0 Å². The van der Waals surface area contributed by atoms with E-state index < -0.39 is 0 Å². The highest BCUT2D eigenvalue weighted by Gasteiger charge is 2.11. The molecule has 0 radical (unpaired) electrons. The Balaban J connectivity index is 4.73. The van der Waals surface area contributed by atoms with E-state index in [-0.39, 0.29) is 6.23 Å². The normalized spacial score (nSPS) is 12.5. The van der Waals surface area contributed by atoms with Gasteiger partial charge in [0.15, 0.2) is 0 Å². The maximum absolute atomic E-state index is 5.63. The van der Waals surface area contributed by atoms with Gasteiger partial charge >= 0.3 is 0 Å². The minimum absolute atomic E-state index is 0.0230. The summed E-state index contributed by atoms with van der Waals surface area (Å²) in [7, 11) is 12.2. The van der Waals surface area contributed by atoms with Gasteiger partial charge in [0.1, 0.15) is 12.0 Å². The van der Waals surface area contributed by atoms with Crippen molar-refractivity contribution in [1.29, 1.82) is 0 Å². The van der Waals surface area contributed by atoms with Gasteiger partial charge in [-0.2, -0.15) is 0 Å². The van der Waals surface area contributed by atoms with Crippen molar-refractivity contribution < 1.29 is 4.74 Å². The van der Waals surface area contributed by atoms with Crippen LogP contribution in [-0.4, -0.2) is 69.8 Å². The molecule has 0 aromatic carbocycles. The molecular formula is C11H25N3O. The summed E-state index contributed by atoms with van der Waals surface area (Å²) in [6.45, 7) is 2.73. The average Bonchev–Trinajstić information content (AvgIpc) is 2.10. The standard InChI is InChI=1S/C11H25N3O/c1-8-15-11(14(6)7)9-10(12(2)3)13(4)5/h9,11H,8H2,1-7H3. The van der Waals surface area contributed by atoms with Crippen LogP contribution in [0.4, 0.5) is 0 Å². The number of rotatable bonds is 6. The summed E-state index contributed by atoms with van der Waals surface area (Å²) in [4.78, 5) is 6.21. The lowest BCUT2D eigenvalue weighted by Gasteiger charge is -2.28. The fourth-order valence-electron chi connectivity index (χ4n) is 1.34. The molecule has 4 heteroatoms. The second kappa shape index (κ2) is 6.69. The van der Waals surface area contributed by atoms with Gasteiger partial charge in [-0.1, -0.05) is 0 Å². The van der Waals surface area contributed by atoms with Crippen LogP contribution in [0, 0.1) is 0 Å². The molecule has 0 heterocycles. The van der Waals surface area contributed by atoms with Gasteiger partial charge in [-0.15, -0.1) is 0 Å². The highest BCUT2D eigenvalue weighted by Crippen LogP contribution is 2.07. The topological polar surface area (TPSA) is 19.0 Å². The first-order chi connectivity index (χ1) is 6.90. The molecule has 0 aliphatic heterocycles. The fraction of sp³-hybridized carbons (Fsp3) is 0.818. The predicted molar refractivity (Wildman–Crippen MR) is 64.6 cm³/mol. The molecule has 0 bridgehead atoms. The quantitative estimate of drug-likeness (QED) is 0.612. The van der Waals surface area contributed by atoms with Gasteiger partial charge < -0.3 is 14.5 Å². The molecule has 15 heavy (non-hydrogen) atoms. The van der Waals surface area contributed by atoms with E-state index in [1.807, 2.05) is 49.2 Å². The molecule has 0 rings (SSSR count). The SMILES string of the molecule is CCOC(C=C(N(C)C)N(C)C)N(C)C. The molecule has 0 N–H and O–H groups in total. The lowest BCUT2D eigenvalue weighted by molar-refractivity contribution is 0.00229. The van der Waals surface area contributed by atoms with Gasteiger partial charge in [0.05, 0.1) is 0 Å². The lowest BCUT2D eigenvalue weighted by atomic mass is 10.4. The highest BCUT2D eigenvalue weighted by molar-refractivity contribution is 5.00. The highest BCUT2D eigenvalue weighted by atomic mass is 16.5. The Morgan fingerprint density at radius 3 is 1.80 bits per heavy atom. The molecule has 0 spiro atoms. The van der Waals surface area contributed by atoms with Gasteiger partial charge in [-0.25, -0.2) is 0 Å². The van der Waals surface area contributed by atoms with Crippen LogP contribution in [0.5, 0.6) is 0 Å². The molecular weight excluding hydrogens is 190 g/mol. The number of ether oxygens (including phenoxy) is 1. The van der Waals surface area contributed by atoms with Crippen LogP contribution in [0.2, 0.25) is 0 Å². The molecule has 0 aliphatic rings. The third-order valence-electron chi connectivity index (χ3n) is 2.05. The first-order valence-corrected chi connectivity index (χ1v) is 5.24. The van der Waals surface area contributed by atoms with Crippen LogP contribution >= 0.6 is 0 Å². The van der Waals surface area contributed by atoms with Gasteiger partial charge in [-0.05, 0) is 27.1 Å². The fourth-order valence-corrected chi connectivity index (χ4v) is 1.34. The zero-order chi connectivity index (χ0) is 12.0. The van der Waals surface area contributed by atoms with Crippen molar-refractivity contribution >= 4 is 0 Å². The average molecular weight is 215 g/mol. The molecule has 1 atom stereocenters. The van der Waals surface area contributed by atoms with Crippen LogP contribution in [0.1, 0.15) is 6.92 Å². The molecule has 0 saturated heterocycles. The summed E-state index contributed by atoms with van der Waals surface area (Å²) in [5.41, 5.74) is 0. The van der Waals surface area contributed by atoms with Gasteiger partial charge in [0.2, 0.25) is 0 Å². The largest absolute Gasteiger partial charge is 0.365 e. The Kier molecular flexibility index (Phi) is 6.36. The van der Waals surface area contributed by atoms with Crippen LogP contribution in [0.25, 0.3) is 0 Å². The van der Waals surface area contributed by atoms with E-state index in [4.69, 9.17) is 4.74 Å². The van der Waals surface area contributed by atoms with Crippen molar-refractivity contribution in [1.82, 2.24) is 14.7 Å². The molecule has 4 nitrogen and oxygen atoms in total. The van der Waals surface area contributed by atoms with Crippen LogP contribution in [0.3, 0.4) is 0 Å². The summed E-state index contributed by atoms with van der Waals surface area (Å²) >= 11 is 0. The molecule has 0 amide bonds. The number of nitrogens with zero attached hydrogens (tertiary/aromatic N) is 3. The summed E-state index contributed by atoms with van der Waals surface area (Å²) in [6.07, 6.45) is 2.14. The summed E-state index contributed by atoms with van der Waals surface area (Å²) in [5, 5.41) is 0. The summed E-state index contributed by atoms with van der Waals surface area (Å²) in [5.74, 6) is 1.14. The Morgan fingerprint density at radius 2 is 1.53 bits per heavy atom. The zero-order valence-corrected chi connectivity index (χ0v) is 11.1. The molecule has 0 aromatic heterocycles. The van der Waals surface area contributed by atoms with E-state index >= 15 is 0 Å². The molecule has 0 saturated carbocycles. The third-order valence-corrected chi connectivity index (χ3v) is 2.05. The van der Waals surface area contributed by atoms with Gasteiger partial charge in [0, 0.05) is 34.8 Å². The second-order valence-corrected chi connectivity index (χ2v) is 4.12. The zero-order valence-electron chi connectivity index (χ0n) is 11.1. The molecule has 1 unspecified atom stereocenters. The Bertz CT molecular complexity index is 190. The van der Waals surface area contributed by atoms with Crippen molar-refractivity contribution in [3.8, 4) is 0 Å². The van der Waals surface area contributed by atoms with E-state index in [1.165, 1.54) is 0 Å². The Labute approximate surface area is 94.1 Å². The van der Waals surface area contributed by atoms with Crippen molar-refractivity contribution in [3.63, 3.8) is 0 Å². The second-order valence-electron chi connectivity index (χ2n) is 4.12. The monoisotopic (exact) mass is 215 g/mol.